The van der Waals surface area contributed by atoms with E-state index in [2.05, 4.69) is 5.10 Å². The summed E-state index contributed by atoms with van der Waals surface area (Å²) in [7, 11) is 0. The molecule has 0 aliphatic carbocycles. The van der Waals surface area contributed by atoms with Crippen LogP contribution in [0.15, 0.2) is 42.7 Å². The summed E-state index contributed by atoms with van der Waals surface area (Å²) in [6.45, 7) is 0.423. The van der Waals surface area contributed by atoms with Crippen molar-refractivity contribution in [3.8, 4) is 11.1 Å². The van der Waals surface area contributed by atoms with Crippen LogP contribution in [0.3, 0.4) is 0 Å². The summed E-state index contributed by atoms with van der Waals surface area (Å²) in [5.74, 6) is 0. The Morgan fingerprint density at radius 3 is 2.86 bits per heavy atom. The van der Waals surface area contributed by atoms with Crippen molar-refractivity contribution in [3.05, 3.63) is 42.7 Å². The van der Waals surface area contributed by atoms with Crippen LogP contribution in [-0.4, -0.2) is 46.0 Å². The normalized spacial score (nSPS) is 35.0. The van der Waals surface area contributed by atoms with Crippen molar-refractivity contribution in [3.63, 3.8) is 0 Å². The van der Waals surface area contributed by atoms with E-state index in [-0.39, 0.29) is 6.10 Å². The van der Waals surface area contributed by atoms with Gasteiger partial charge in [-0.2, -0.15) is 5.10 Å². The Balaban J connectivity index is 1.66. The van der Waals surface area contributed by atoms with Gasteiger partial charge in [-0.25, -0.2) is 0 Å². The van der Waals surface area contributed by atoms with Gasteiger partial charge in [0.1, 0.15) is 12.1 Å². The lowest BCUT2D eigenvalue weighted by Gasteiger charge is -2.36. The van der Waals surface area contributed by atoms with Crippen LogP contribution in [0, 0.1) is 0 Å². The molecule has 110 valence electrons. The van der Waals surface area contributed by atoms with E-state index < -0.39 is 24.5 Å². The van der Waals surface area contributed by atoms with Crippen molar-refractivity contribution >= 4 is 0 Å². The highest BCUT2D eigenvalue weighted by atomic mass is 16.7. The summed E-state index contributed by atoms with van der Waals surface area (Å²) in [6.07, 6.45) is 2.20. The van der Waals surface area contributed by atoms with Crippen molar-refractivity contribution in [1.29, 1.82) is 0 Å². The van der Waals surface area contributed by atoms with Gasteiger partial charge in [0.25, 0.3) is 0 Å². The Hall–Kier alpha value is -1.73. The Morgan fingerprint density at radius 1 is 1.24 bits per heavy atom. The Kier molecular flexibility index (Phi) is 3.04. The van der Waals surface area contributed by atoms with Gasteiger partial charge in [-0.3, -0.25) is 4.68 Å². The molecule has 6 nitrogen and oxygen atoms in total. The van der Waals surface area contributed by atoms with E-state index in [4.69, 9.17) is 15.2 Å². The van der Waals surface area contributed by atoms with Crippen LogP contribution in [0.25, 0.3) is 11.1 Å². The van der Waals surface area contributed by atoms with Gasteiger partial charge in [0, 0.05) is 11.8 Å². The van der Waals surface area contributed by atoms with Crippen LogP contribution in [-0.2, 0) is 9.47 Å². The van der Waals surface area contributed by atoms with E-state index in [0.29, 0.717) is 6.61 Å². The zero-order valence-electron chi connectivity index (χ0n) is 11.4. The molecule has 2 aliphatic rings. The molecule has 0 unspecified atom stereocenters. The molecular formula is C15H17N3O3. The quantitative estimate of drug-likeness (QED) is 0.842. The van der Waals surface area contributed by atoms with Gasteiger partial charge >= 0.3 is 0 Å². The van der Waals surface area contributed by atoms with Crippen LogP contribution in [0.4, 0.5) is 0 Å². The van der Waals surface area contributed by atoms with Gasteiger partial charge in [-0.15, -0.1) is 0 Å². The third kappa shape index (κ3) is 2.08. The number of nitrogens with two attached hydrogens (primary N) is 1. The number of ether oxygens (including phenoxy) is 2. The van der Waals surface area contributed by atoms with E-state index in [0.717, 1.165) is 11.1 Å². The van der Waals surface area contributed by atoms with Gasteiger partial charge in [0.05, 0.1) is 24.9 Å². The number of hydrogen-bond acceptors (Lipinski definition) is 5. The van der Waals surface area contributed by atoms with E-state index in [1.807, 2.05) is 36.5 Å². The Labute approximate surface area is 122 Å². The highest BCUT2D eigenvalue weighted by Gasteiger charge is 2.49. The highest BCUT2D eigenvalue weighted by Crippen LogP contribution is 2.35. The summed E-state index contributed by atoms with van der Waals surface area (Å²) in [5.41, 5.74) is 8.07. The maximum Gasteiger partial charge on any atom is 0.183 e. The summed E-state index contributed by atoms with van der Waals surface area (Å²) in [6, 6.07) is 9.08. The Morgan fingerprint density at radius 2 is 2.05 bits per heavy atom. The zero-order chi connectivity index (χ0) is 14.4. The van der Waals surface area contributed by atoms with E-state index in [1.54, 1.807) is 10.9 Å². The number of rotatable bonds is 2. The molecule has 4 rings (SSSR count). The molecule has 6 heteroatoms. The molecule has 2 aromatic rings. The minimum absolute atomic E-state index is 0.231. The molecule has 5 atom stereocenters. The van der Waals surface area contributed by atoms with Gasteiger partial charge in [-0.1, -0.05) is 30.3 Å². The topological polar surface area (TPSA) is 82.5 Å². The molecule has 0 spiro atoms. The molecule has 21 heavy (non-hydrogen) atoms. The lowest BCUT2D eigenvalue weighted by Crippen LogP contribution is -2.55. The first-order valence-electron chi connectivity index (χ1n) is 7.04. The van der Waals surface area contributed by atoms with Crippen LogP contribution >= 0.6 is 0 Å². The molecule has 2 bridgehead atoms. The number of hydrogen-bond donors (Lipinski definition) is 2. The molecule has 3 heterocycles. The summed E-state index contributed by atoms with van der Waals surface area (Å²) in [4.78, 5) is 0. The van der Waals surface area contributed by atoms with Gasteiger partial charge in [0.15, 0.2) is 6.29 Å². The summed E-state index contributed by atoms with van der Waals surface area (Å²) < 4.78 is 13.0. The Bertz CT molecular complexity index is 630. The average molecular weight is 287 g/mol. The number of aliphatic hydroxyl groups is 1. The fraction of sp³-hybridized carbons (Fsp3) is 0.400. The van der Waals surface area contributed by atoms with Crippen LogP contribution in [0.2, 0.25) is 0 Å². The van der Waals surface area contributed by atoms with Crippen molar-refractivity contribution < 1.29 is 14.6 Å². The van der Waals surface area contributed by atoms with Crippen LogP contribution < -0.4 is 5.73 Å². The summed E-state index contributed by atoms with van der Waals surface area (Å²) in [5, 5.41) is 14.8. The van der Waals surface area contributed by atoms with Gasteiger partial charge < -0.3 is 20.3 Å². The predicted molar refractivity (Wildman–Crippen MR) is 75.3 cm³/mol. The standard InChI is InChI=1S/C15H17N3O3/c16-12-11-8-20-15(21-11)13(14(12)19)18-7-10(6-17-18)9-4-2-1-3-5-9/h1-7,11-15,19H,8,16H2/t11-,12-,13-,14+,15-/m1/s1. The smallest absolute Gasteiger partial charge is 0.183 e. The van der Waals surface area contributed by atoms with Crippen LogP contribution in [0.1, 0.15) is 6.04 Å². The maximum absolute atomic E-state index is 10.4. The van der Waals surface area contributed by atoms with Crippen molar-refractivity contribution in [2.45, 2.75) is 30.6 Å². The molecule has 3 N–H and O–H groups in total. The van der Waals surface area contributed by atoms with E-state index in [9.17, 15) is 5.11 Å². The molecule has 0 radical (unpaired) electrons. The second-order valence-electron chi connectivity index (χ2n) is 5.51. The first kappa shape index (κ1) is 13.0. The number of fused-ring (bicyclic) bond motifs is 2. The minimum atomic E-state index is -0.736. The largest absolute Gasteiger partial charge is 0.389 e. The predicted octanol–water partition coefficient (Wildman–Crippen LogP) is 0.534. The minimum Gasteiger partial charge on any atom is -0.389 e. The second-order valence-corrected chi connectivity index (χ2v) is 5.51. The fourth-order valence-electron chi connectivity index (χ4n) is 2.99. The molecular weight excluding hydrogens is 270 g/mol. The number of benzene rings is 1. The highest BCUT2D eigenvalue weighted by molar-refractivity contribution is 5.61. The van der Waals surface area contributed by atoms with E-state index in [1.165, 1.54) is 0 Å². The molecule has 1 aromatic heterocycles. The number of aliphatic hydroxyl groups excluding tert-OH is 1. The molecule has 2 fully saturated rings. The fourth-order valence-corrected chi connectivity index (χ4v) is 2.99. The average Bonchev–Trinajstić information content (AvgIpc) is 3.15. The maximum atomic E-state index is 10.4. The van der Waals surface area contributed by atoms with Crippen molar-refractivity contribution in [2.24, 2.45) is 5.73 Å². The SMILES string of the molecule is N[C@H]1[C@H](O)[C@@H](n2cc(-c3ccccc3)cn2)[C@@H]2OC[C@H]1O2. The molecule has 0 amide bonds. The van der Waals surface area contributed by atoms with Crippen molar-refractivity contribution in [1.82, 2.24) is 9.78 Å². The molecule has 2 saturated heterocycles. The molecule has 2 aliphatic heterocycles. The van der Waals surface area contributed by atoms with Crippen molar-refractivity contribution in [2.75, 3.05) is 6.61 Å². The summed E-state index contributed by atoms with van der Waals surface area (Å²) >= 11 is 0. The van der Waals surface area contributed by atoms with Gasteiger partial charge in [-0.05, 0) is 5.56 Å². The third-order valence-electron chi connectivity index (χ3n) is 4.20. The zero-order valence-corrected chi connectivity index (χ0v) is 11.4. The monoisotopic (exact) mass is 287 g/mol. The second kappa shape index (κ2) is 4.92. The first-order chi connectivity index (χ1) is 10.2. The third-order valence-corrected chi connectivity index (χ3v) is 4.20. The number of aromatic nitrogens is 2. The lowest BCUT2D eigenvalue weighted by atomic mass is 9.97. The first-order valence-corrected chi connectivity index (χ1v) is 7.04. The molecule has 0 saturated carbocycles. The van der Waals surface area contributed by atoms with Gasteiger partial charge in [0.2, 0.25) is 0 Å². The molecule has 1 aromatic carbocycles. The van der Waals surface area contributed by atoms with E-state index >= 15 is 0 Å². The van der Waals surface area contributed by atoms with Crippen LogP contribution in [0.5, 0.6) is 0 Å². The number of nitrogens with zero attached hydrogens (tertiary/aromatic N) is 2. The lowest BCUT2D eigenvalue weighted by molar-refractivity contribution is -0.163.